The lowest BCUT2D eigenvalue weighted by Gasteiger charge is -2.23. The second kappa shape index (κ2) is 8.57. The van der Waals surface area contributed by atoms with Crippen molar-refractivity contribution in [1.29, 1.82) is 0 Å². The topological polar surface area (TPSA) is 140 Å². The number of carbonyl (C=O) groups is 3. The number of rotatable bonds is 5. The maximum atomic E-state index is 13.2. The zero-order valence-corrected chi connectivity index (χ0v) is 16.9. The van der Waals surface area contributed by atoms with Gasteiger partial charge in [-0.25, -0.2) is 4.98 Å². The molecule has 32 heavy (non-hydrogen) atoms. The van der Waals surface area contributed by atoms with E-state index in [4.69, 9.17) is 18.9 Å². The number of nitrogens with zero attached hydrogens (tertiary/aromatic N) is 4. The molecule has 0 bridgehead atoms. The van der Waals surface area contributed by atoms with Gasteiger partial charge in [-0.15, -0.1) is 0 Å². The van der Waals surface area contributed by atoms with Gasteiger partial charge in [-0.2, -0.15) is 22.8 Å². The molecule has 0 spiro atoms. The third-order valence-corrected chi connectivity index (χ3v) is 4.31. The molecule has 3 rings (SSSR count). The maximum absolute atomic E-state index is 13.2. The van der Waals surface area contributed by atoms with Crippen LogP contribution in [0.4, 0.5) is 13.2 Å². The number of fused-ring (bicyclic) bond motifs is 1. The third kappa shape index (κ3) is 4.71. The van der Waals surface area contributed by atoms with Crippen molar-refractivity contribution in [3.8, 4) is 0 Å². The molecule has 1 aliphatic heterocycles. The van der Waals surface area contributed by atoms with Crippen LogP contribution in [0.25, 0.3) is 5.78 Å². The minimum Gasteiger partial charge on any atom is -0.463 e. The van der Waals surface area contributed by atoms with Crippen molar-refractivity contribution in [1.82, 2.24) is 19.2 Å². The highest BCUT2D eigenvalue weighted by Crippen LogP contribution is 2.35. The van der Waals surface area contributed by atoms with Gasteiger partial charge >= 0.3 is 24.1 Å². The van der Waals surface area contributed by atoms with Crippen LogP contribution in [0.15, 0.2) is 17.2 Å². The number of carbonyl (C=O) groups excluding carboxylic acids is 3. The summed E-state index contributed by atoms with van der Waals surface area (Å²) in [5.41, 5.74) is -2.59. The number of esters is 3. The van der Waals surface area contributed by atoms with Crippen molar-refractivity contribution < 1.29 is 46.5 Å². The van der Waals surface area contributed by atoms with Crippen molar-refractivity contribution >= 4 is 23.7 Å². The summed E-state index contributed by atoms with van der Waals surface area (Å²) >= 11 is 0. The van der Waals surface area contributed by atoms with Crippen LogP contribution in [0.1, 0.15) is 32.7 Å². The highest BCUT2D eigenvalue weighted by atomic mass is 19.4. The molecule has 2 aromatic rings. The van der Waals surface area contributed by atoms with Crippen molar-refractivity contribution in [2.24, 2.45) is 0 Å². The summed E-state index contributed by atoms with van der Waals surface area (Å²) in [6.07, 6.45) is -9.23. The summed E-state index contributed by atoms with van der Waals surface area (Å²) < 4.78 is 62.0. The van der Waals surface area contributed by atoms with Crippen LogP contribution in [0.3, 0.4) is 0 Å². The van der Waals surface area contributed by atoms with E-state index in [0.717, 1.165) is 31.7 Å². The van der Waals surface area contributed by atoms with Crippen molar-refractivity contribution in [2.75, 3.05) is 6.61 Å². The van der Waals surface area contributed by atoms with Crippen LogP contribution in [0.5, 0.6) is 0 Å². The highest BCUT2D eigenvalue weighted by molar-refractivity contribution is 5.68. The lowest BCUT2D eigenvalue weighted by atomic mass is 10.1. The minimum absolute atomic E-state index is 0.272. The first-order valence-corrected chi connectivity index (χ1v) is 9.06. The fourth-order valence-corrected chi connectivity index (χ4v) is 3.14. The molecule has 15 heteroatoms. The average Bonchev–Trinajstić information content (AvgIpc) is 3.21. The molecule has 0 N–H and O–H groups in total. The SMILES string of the molecule is CC(=O)OC[C@H]1O[C@@H](n2cnn3c(=O)cc(C(F)(F)F)nc23)[C@H](OC(C)=O)[C@@H]1OC(C)=O. The Morgan fingerprint density at radius 3 is 2.28 bits per heavy atom. The van der Waals surface area contributed by atoms with Crippen LogP contribution < -0.4 is 5.56 Å². The first-order chi connectivity index (χ1) is 14.9. The normalized spacial score (nSPS) is 23.2. The Kier molecular flexibility index (Phi) is 6.20. The van der Waals surface area contributed by atoms with E-state index in [1.54, 1.807) is 0 Å². The summed E-state index contributed by atoms with van der Waals surface area (Å²) in [5, 5.41) is 3.71. The molecule has 1 saturated heterocycles. The summed E-state index contributed by atoms with van der Waals surface area (Å²) in [6, 6.07) is 0.272. The predicted molar refractivity (Wildman–Crippen MR) is 93.9 cm³/mol. The standard InChI is InChI=1S/C17H17F3N4O8/c1-7(25)29-5-10-13(30-8(2)26)14(31-9(3)27)15(32-10)23-6-21-24-12(28)4-11(17(18,19)20)22-16(23)24/h4,6,10,13-15H,5H2,1-3H3/t10-,13-,14-,15-/m1/s1. The molecule has 12 nitrogen and oxygen atoms in total. The summed E-state index contributed by atoms with van der Waals surface area (Å²) in [6.45, 7) is 2.83. The fourth-order valence-electron chi connectivity index (χ4n) is 3.14. The second-order valence-electron chi connectivity index (χ2n) is 6.74. The number of alkyl halides is 3. The summed E-state index contributed by atoms with van der Waals surface area (Å²) in [5.74, 6) is -2.85. The Labute approximate surface area is 176 Å². The molecule has 174 valence electrons. The first-order valence-electron chi connectivity index (χ1n) is 9.06. The van der Waals surface area contributed by atoms with Gasteiger partial charge in [-0.3, -0.25) is 23.7 Å². The molecule has 3 heterocycles. The van der Waals surface area contributed by atoms with E-state index < -0.39 is 72.3 Å². The van der Waals surface area contributed by atoms with Gasteiger partial charge in [0.1, 0.15) is 19.0 Å². The Balaban J connectivity index is 2.10. The van der Waals surface area contributed by atoms with Crippen LogP contribution in [0.2, 0.25) is 0 Å². The predicted octanol–water partition coefficient (Wildman–Crippen LogP) is 0.234. The Morgan fingerprint density at radius 2 is 1.72 bits per heavy atom. The molecule has 2 aromatic heterocycles. The molecule has 1 fully saturated rings. The monoisotopic (exact) mass is 462 g/mol. The van der Waals surface area contributed by atoms with Crippen LogP contribution in [-0.2, 0) is 39.5 Å². The number of ether oxygens (including phenoxy) is 4. The smallest absolute Gasteiger partial charge is 0.433 e. The first kappa shape index (κ1) is 23.2. The molecular formula is C17H17F3N4O8. The van der Waals surface area contributed by atoms with Gasteiger partial charge in [0.25, 0.3) is 5.56 Å². The van der Waals surface area contributed by atoms with E-state index in [1.165, 1.54) is 0 Å². The van der Waals surface area contributed by atoms with Crippen molar-refractivity contribution in [3.05, 3.63) is 28.4 Å². The number of hydrogen-bond donors (Lipinski definition) is 0. The molecule has 0 aliphatic carbocycles. The third-order valence-electron chi connectivity index (χ3n) is 4.31. The zero-order valence-electron chi connectivity index (χ0n) is 16.9. The molecular weight excluding hydrogens is 445 g/mol. The molecule has 0 unspecified atom stereocenters. The van der Waals surface area contributed by atoms with Crippen molar-refractivity contribution in [2.45, 2.75) is 51.5 Å². The van der Waals surface area contributed by atoms with Gasteiger partial charge in [0, 0.05) is 26.8 Å². The maximum Gasteiger partial charge on any atom is 0.433 e. The van der Waals surface area contributed by atoms with E-state index in [1.807, 2.05) is 0 Å². The fraction of sp³-hybridized carbons (Fsp3) is 0.529. The van der Waals surface area contributed by atoms with E-state index in [-0.39, 0.29) is 6.07 Å². The summed E-state index contributed by atoms with van der Waals surface area (Å²) in [7, 11) is 0. The van der Waals surface area contributed by atoms with E-state index in [2.05, 4.69) is 10.1 Å². The lowest BCUT2D eigenvalue weighted by Crippen LogP contribution is -2.40. The molecule has 0 amide bonds. The second-order valence-corrected chi connectivity index (χ2v) is 6.74. The molecule has 0 aromatic carbocycles. The largest absolute Gasteiger partial charge is 0.463 e. The lowest BCUT2D eigenvalue weighted by molar-refractivity contribution is -0.166. The van der Waals surface area contributed by atoms with Gasteiger partial charge < -0.3 is 18.9 Å². The van der Waals surface area contributed by atoms with E-state index in [0.29, 0.717) is 4.52 Å². The van der Waals surface area contributed by atoms with Gasteiger partial charge in [0.15, 0.2) is 24.1 Å². The zero-order chi connectivity index (χ0) is 23.8. The van der Waals surface area contributed by atoms with Gasteiger partial charge in [-0.1, -0.05) is 0 Å². The van der Waals surface area contributed by atoms with Crippen LogP contribution >= 0.6 is 0 Å². The van der Waals surface area contributed by atoms with Crippen LogP contribution in [-0.4, -0.2) is 62.0 Å². The Hall–Kier alpha value is -3.49. The Morgan fingerprint density at radius 1 is 1.09 bits per heavy atom. The average molecular weight is 462 g/mol. The van der Waals surface area contributed by atoms with Crippen LogP contribution in [0, 0.1) is 0 Å². The summed E-state index contributed by atoms with van der Waals surface area (Å²) in [4.78, 5) is 50.0. The van der Waals surface area contributed by atoms with Gasteiger partial charge in [-0.05, 0) is 0 Å². The van der Waals surface area contributed by atoms with Gasteiger partial charge in [0.05, 0.1) is 0 Å². The molecule has 4 atom stereocenters. The molecule has 0 radical (unpaired) electrons. The van der Waals surface area contributed by atoms with Crippen molar-refractivity contribution in [3.63, 3.8) is 0 Å². The number of aromatic nitrogens is 4. The minimum atomic E-state index is -4.92. The van der Waals surface area contributed by atoms with Gasteiger partial charge in [0.2, 0.25) is 5.78 Å². The Bertz CT molecular complexity index is 1110. The number of halogens is 3. The van der Waals surface area contributed by atoms with E-state index >= 15 is 0 Å². The molecule has 1 aliphatic rings. The quantitative estimate of drug-likeness (QED) is 0.448. The molecule has 0 saturated carbocycles. The number of hydrogen-bond acceptors (Lipinski definition) is 10. The highest BCUT2D eigenvalue weighted by Gasteiger charge is 2.51. The van der Waals surface area contributed by atoms with E-state index in [9.17, 15) is 32.3 Å².